The Morgan fingerprint density at radius 1 is 1.06 bits per heavy atom. The van der Waals surface area contributed by atoms with E-state index < -0.39 is 7.82 Å². The van der Waals surface area contributed by atoms with Crippen molar-refractivity contribution in [2.24, 2.45) is 0 Å². The van der Waals surface area contributed by atoms with E-state index in [-0.39, 0.29) is 5.75 Å². The lowest BCUT2D eigenvalue weighted by atomic mass is 10.1. The van der Waals surface area contributed by atoms with Crippen LogP contribution in [0, 0.1) is 0 Å². The van der Waals surface area contributed by atoms with Crippen molar-refractivity contribution in [1.29, 1.82) is 0 Å². The van der Waals surface area contributed by atoms with Crippen LogP contribution in [-0.4, -0.2) is 9.79 Å². The highest BCUT2D eigenvalue weighted by molar-refractivity contribution is 7.46. The van der Waals surface area contributed by atoms with Crippen molar-refractivity contribution in [3.63, 3.8) is 0 Å². The summed E-state index contributed by atoms with van der Waals surface area (Å²) in [6, 6.07) is 13.6. The lowest BCUT2D eigenvalue weighted by Gasteiger charge is -2.12. The topological polar surface area (TPSA) is 66.8 Å². The van der Waals surface area contributed by atoms with E-state index in [9.17, 15) is 4.57 Å². The van der Waals surface area contributed by atoms with Crippen molar-refractivity contribution in [1.82, 2.24) is 0 Å². The van der Waals surface area contributed by atoms with Gasteiger partial charge in [0.25, 0.3) is 0 Å². The second-order valence-corrected chi connectivity index (χ2v) is 5.19. The number of phosphoric ester groups is 1. The Labute approximate surface area is 109 Å². The molecule has 0 saturated heterocycles. The zero-order chi connectivity index (χ0) is 13.2. The molecule has 18 heavy (non-hydrogen) atoms. The maximum absolute atomic E-state index is 10.9. The predicted molar refractivity (Wildman–Crippen MR) is 69.6 cm³/mol. The Morgan fingerprint density at radius 3 is 2.33 bits per heavy atom. The molecule has 2 rings (SSSR count). The number of halogens is 1. The van der Waals surface area contributed by atoms with Gasteiger partial charge in [-0.15, -0.1) is 0 Å². The molecular weight excluding hydrogens is 275 g/mol. The van der Waals surface area contributed by atoms with Crippen molar-refractivity contribution in [3.8, 4) is 16.9 Å². The molecule has 0 aliphatic rings. The number of benzene rings is 2. The summed E-state index contributed by atoms with van der Waals surface area (Å²) in [7, 11) is -4.59. The van der Waals surface area contributed by atoms with Gasteiger partial charge in [0.15, 0.2) is 0 Å². The third-order valence-electron chi connectivity index (χ3n) is 2.24. The van der Waals surface area contributed by atoms with E-state index >= 15 is 0 Å². The normalized spacial score (nSPS) is 11.3. The van der Waals surface area contributed by atoms with Crippen molar-refractivity contribution in [2.75, 3.05) is 0 Å². The molecule has 0 aromatic heterocycles. The van der Waals surface area contributed by atoms with Gasteiger partial charge in [-0.25, -0.2) is 4.57 Å². The Hall–Kier alpha value is -1.32. The summed E-state index contributed by atoms with van der Waals surface area (Å²) in [6.45, 7) is 0. The first-order chi connectivity index (χ1) is 8.46. The Kier molecular flexibility index (Phi) is 3.73. The van der Waals surface area contributed by atoms with E-state index in [1.807, 2.05) is 18.2 Å². The average molecular weight is 285 g/mol. The molecule has 2 aromatic carbocycles. The standard InChI is InChI=1S/C12H10ClO4P/c13-10-6-7-12(17-18(14,15)16)11(8-10)9-4-2-1-3-5-9/h1-8H,(H2,14,15,16). The number of phosphoric acid groups is 1. The van der Waals surface area contributed by atoms with Gasteiger partial charge in [-0.05, 0) is 23.8 Å². The number of rotatable bonds is 3. The molecule has 0 aliphatic heterocycles. The van der Waals surface area contributed by atoms with Gasteiger partial charge in [0, 0.05) is 10.6 Å². The quantitative estimate of drug-likeness (QED) is 0.847. The molecular formula is C12H10ClO4P. The molecule has 0 heterocycles. The first-order valence-corrected chi connectivity index (χ1v) is 6.97. The minimum atomic E-state index is -4.59. The Morgan fingerprint density at radius 2 is 1.72 bits per heavy atom. The van der Waals surface area contributed by atoms with Crippen molar-refractivity contribution in [2.45, 2.75) is 0 Å². The van der Waals surface area contributed by atoms with Gasteiger partial charge >= 0.3 is 7.82 Å². The van der Waals surface area contributed by atoms with Gasteiger partial charge in [0.1, 0.15) is 5.75 Å². The summed E-state index contributed by atoms with van der Waals surface area (Å²) in [6.07, 6.45) is 0. The highest BCUT2D eigenvalue weighted by atomic mass is 35.5. The lowest BCUT2D eigenvalue weighted by Crippen LogP contribution is -1.92. The minimum absolute atomic E-state index is 0.0962. The van der Waals surface area contributed by atoms with Crippen LogP contribution in [0.4, 0.5) is 0 Å². The number of hydrogen-bond acceptors (Lipinski definition) is 2. The van der Waals surface area contributed by atoms with E-state index in [0.29, 0.717) is 10.6 Å². The van der Waals surface area contributed by atoms with Crippen LogP contribution in [0.1, 0.15) is 0 Å². The van der Waals surface area contributed by atoms with Crippen LogP contribution in [0.15, 0.2) is 48.5 Å². The van der Waals surface area contributed by atoms with Crippen LogP contribution < -0.4 is 4.52 Å². The molecule has 0 atom stereocenters. The van der Waals surface area contributed by atoms with Crippen LogP contribution >= 0.6 is 19.4 Å². The van der Waals surface area contributed by atoms with E-state index in [0.717, 1.165) is 5.56 Å². The maximum Gasteiger partial charge on any atom is 0.524 e. The molecule has 94 valence electrons. The van der Waals surface area contributed by atoms with Crippen molar-refractivity contribution in [3.05, 3.63) is 53.6 Å². The Bertz CT molecular complexity index is 594. The van der Waals surface area contributed by atoms with Crippen molar-refractivity contribution < 1.29 is 18.9 Å². The molecule has 2 aromatic rings. The summed E-state index contributed by atoms with van der Waals surface area (Å²) < 4.78 is 15.6. The van der Waals surface area contributed by atoms with E-state index in [4.69, 9.17) is 21.4 Å². The van der Waals surface area contributed by atoms with Crippen LogP contribution in [0.2, 0.25) is 5.02 Å². The predicted octanol–water partition coefficient (Wildman–Crippen LogP) is 3.48. The largest absolute Gasteiger partial charge is 0.524 e. The molecule has 2 N–H and O–H groups in total. The zero-order valence-corrected chi connectivity index (χ0v) is 10.8. The highest BCUT2D eigenvalue weighted by Gasteiger charge is 2.19. The third kappa shape index (κ3) is 3.34. The molecule has 0 amide bonds. The summed E-state index contributed by atoms with van der Waals surface area (Å²) in [5.41, 5.74) is 1.30. The van der Waals surface area contributed by atoms with Crippen molar-refractivity contribution >= 4 is 19.4 Å². The van der Waals surface area contributed by atoms with Gasteiger partial charge in [-0.1, -0.05) is 41.9 Å². The van der Waals surface area contributed by atoms with Gasteiger partial charge < -0.3 is 4.52 Å². The first-order valence-electron chi connectivity index (χ1n) is 5.06. The Balaban J connectivity index is 2.51. The van der Waals surface area contributed by atoms with E-state index in [1.165, 1.54) is 12.1 Å². The van der Waals surface area contributed by atoms with Crippen LogP contribution in [0.25, 0.3) is 11.1 Å². The van der Waals surface area contributed by atoms with Gasteiger partial charge in [-0.3, -0.25) is 9.79 Å². The van der Waals surface area contributed by atoms with Crippen LogP contribution in [0.3, 0.4) is 0 Å². The molecule has 0 fully saturated rings. The molecule has 0 unspecified atom stereocenters. The molecule has 0 radical (unpaired) electrons. The van der Waals surface area contributed by atoms with E-state index in [1.54, 1.807) is 18.2 Å². The average Bonchev–Trinajstić information content (AvgIpc) is 2.31. The summed E-state index contributed by atoms with van der Waals surface area (Å²) in [5, 5.41) is 0.465. The summed E-state index contributed by atoms with van der Waals surface area (Å²) in [5.74, 6) is 0.0962. The molecule has 4 nitrogen and oxygen atoms in total. The smallest absolute Gasteiger partial charge is 0.404 e. The van der Waals surface area contributed by atoms with Gasteiger partial charge in [0.2, 0.25) is 0 Å². The highest BCUT2D eigenvalue weighted by Crippen LogP contribution is 2.42. The summed E-state index contributed by atoms with van der Waals surface area (Å²) >= 11 is 5.89. The fraction of sp³-hybridized carbons (Fsp3) is 0. The molecule has 6 heteroatoms. The minimum Gasteiger partial charge on any atom is -0.404 e. The molecule has 0 spiro atoms. The first kappa shape index (κ1) is 13.1. The van der Waals surface area contributed by atoms with Gasteiger partial charge in [-0.2, -0.15) is 0 Å². The fourth-order valence-corrected chi connectivity index (χ4v) is 2.14. The second-order valence-electron chi connectivity index (χ2n) is 3.59. The second kappa shape index (κ2) is 5.12. The molecule has 0 saturated carbocycles. The summed E-state index contributed by atoms with van der Waals surface area (Å²) in [4.78, 5) is 17.7. The van der Waals surface area contributed by atoms with Crippen LogP contribution in [0.5, 0.6) is 5.75 Å². The third-order valence-corrected chi connectivity index (χ3v) is 2.91. The van der Waals surface area contributed by atoms with Gasteiger partial charge in [0.05, 0.1) is 0 Å². The molecule has 0 aliphatic carbocycles. The number of hydrogen-bond donors (Lipinski definition) is 2. The maximum atomic E-state index is 10.9. The monoisotopic (exact) mass is 284 g/mol. The molecule has 0 bridgehead atoms. The van der Waals surface area contributed by atoms with Crippen LogP contribution in [-0.2, 0) is 4.57 Å². The van der Waals surface area contributed by atoms with E-state index in [2.05, 4.69) is 4.52 Å². The zero-order valence-electron chi connectivity index (χ0n) is 9.15. The SMILES string of the molecule is O=P(O)(O)Oc1ccc(Cl)cc1-c1ccccc1. The fourth-order valence-electron chi connectivity index (χ4n) is 1.55. The lowest BCUT2D eigenvalue weighted by molar-refractivity contribution is 0.283.